The van der Waals surface area contributed by atoms with Crippen molar-refractivity contribution < 1.29 is 39.2 Å². The van der Waals surface area contributed by atoms with Gasteiger partial charge in [-0.2, -0.15) is 0 Å². The first-order chi connectivity index (χ1) is 12.3. The summed E-state index contributed by atoms with van der Waals surface area (Å²) in [6, 6.07) is 5.00. The number of phenols is 1. The Morgan fingerprint density at radius 1 is 0.923 bits per heavy atom. The minimum absolute atomic E-state index is 0.0671. The van der Waals surface area contributed by atoms with Crippen molar-refractivity contribution in [3.05, 3.63) is 70.7 Å². The highest BCUT2D eigenvalue weighted by Gasteiger charge is 2.37. The molecule has 0 unspecified atom stereocenters. The Bertz CT molecular complexity index is 987. The fourth-order valence-corrected chi connectivity index (χ4v) is 2.47. The first-order valence-electron chi connectivity index (χ1n) is 7.20. The molecule has 0 spiro atoms. The molecular formula is C18H10O8. The van der Waals surface area contributed by atoms with E-state index in [1.807, 2.05) is 0 Å². The van der Waals surface area contributed by atoms with Crippen molar-refractivity contribution in [2.75, 3.05) is 0 Å². The molecule has 0 saturated heterocycles. The van der Waals surface area contributed by atoms with Crippen molar-refractivity contribution in [3.63, 3.8) is 0 Å². The average molecular weight is 354 g/mol. The number of cyclic esters (lactones) is 1. The monoisotopic (exact) mass is 354 g/mol. The van der Waals surface area contributed by atoms with Crippen LogP contribution >= 0.6 is 0 Å². The fourth-order valence-electron chi connectivity index (χ4n) is 2.47. The van der Waals surface area contributed by atoms with Crippen LogP contribution in [0.3, 0.4) is 0 Å². The van der Waals surface area contributed by atoms with E-state index < -0.39 is 46.2 Å². The summed E-state index contributed by atoms with van der Waals surface area (Å²) in [6.45, 7) is 0. The smallest absolute Gasteiger partial charge is 0.348 e. The summed E-state index contributed by atoms with van der Waals surface area (Å²) in [7, 11) is 0. The normalized spacial score (nSPS) is 18.8. The topological polar surface area (TPSA) is 138 Å². The molecule has 8 heteroatoms. The number of carboxylic acids is 1. The van der Waals surface area contributed by atoms with E-state index in [0.29, 0.717) is 0 Å². The van der Waals surface area contributed by atoms with Gasteiger partial charge in [0, 0.05) is 0 Å². The van der Waals surface area contributed by atoms with Crippen molar-refractivity contribution in [3.8, 4) is 5.75 Å². The first-order valence-corrected chi connectivity index (χ1v) is 7.20. The Kier molecular flexibility index (Phi) is 4.01. The third-order valence-electron chi connectivity index (χ3n) is 3.68. The minimum atomic E-state index is -1.48. The number of rotatable bonds is 3. The highest BCUT2D eigenvalue weighted by atomic mass is 16.6. The van der Waals surface area contributed by atoms with Crippen LogP contribution < -0.4 is 0 Å². The maximum Gasteiger partial charge on any atom is 0.348 e. The molecule has 2 aliphatic rings. The predicted molar refractivity (Wildman–Crippen MR) is 85.6 cm³/mol. The molecule has 1 aliphatic heterocycles. The molecule has 1 aliphatic carbocycles. The van der Waals surface area contributed by atoms with E-state index in [2.05, 4.69) is 0 Å². The third-order valence-corrected chi connectivity index (χ3v) is 3.68. The van der Waals surface area contributed by atoms with Gasteiger partial charge in [-0.15, -0.1) is 0 Å². The summed E-state index contributed by atoms with van der Waals surface area (Å²) in [5.74, 6) is -5.68. The van der Waals surface area contributed by atoms with Gasteiger partial charge in [-0.1, -0.05) is 12.1 Å². The number of aliphatic hydroxyl groups excluding tert-OH is 1. The number of phenolic OH excluding ortho intramolecular Hbond substituents is 1. The largest absolute Gasteiger partial charge is 0.508 e. The van der Waals surface area contributed by atoms with Gasteiger partial charge in [0.25, 0.3) is 0 Å². The van der Waals surface area contributed by atoms with Gasteiger partial charge in [-0.3, -0.25) is 9.59 Å². The van der Waals surface area contributed by atoms with Gasteiger partial charge < -0.3 is 20.1 Å². The maximum absolute atomic E-state index is 12.1. The number of allylic oxidation sites excluding steroid dienone is 3. The highest BCUT2D eigenvalue weighted by Crippen LogP contribution is 2.35. The molecule has 3 N–H and O–H groups in total. The van der Waals surface area contributed by atoms with Crippen molar-refractivity contribution >= 4 is 29.1 Å². The molecule has 8 nitrogen and oxygen atoms in total. The number of esters is 1. The zero-order valence-electron chi connectivity index (χ0n) is 12.9. The number of hydrogen-bond donors (Lipinski definition) is 3. The summed E-state index contributed by atoms with van der Waals surface area (Å²) < 4.78 is 4.91. The molecule has 3 rings (SSSR count). The number of ether oxygens (including phenoxy) is 1. The molecule has 1 heterocycles. The van der Waals surface area contributed by atoms with Crippen LogP contribution in [0, 0.1) is 0 Å². The average Bonchev–Trinajstić information content (AvgIpc) is 2.86. The van der Waals surface area contributed by atoms with Crippen molar-refractivity contribution in [2.24, 2.45) is 0 Å². The summed E-state index contributed by atoms with van der Waals surface area (Å²) in [6.07, 6.45) is 2.95. The van der Waals surface area contributed by atoms with Crippen LogP contribution in [-0.2, 0) is 23.9 Å². The minimum Gasteiger partial charge on any atom is -0.508 e. The summed E-state index contributed by atoms with van der Waals surface area (Å²) in [5.41, 5.74) is -0.920. The molecule has 0 radical (unpaired) electrons. The lowest BCUT2D eigenvalue weighted by molar-refractivity contribution is -0.133. The van der Waals surface area contributed by atoms with Gasteiger partial charge in [-0.25, -0.2) is 9.59 Å². The Morgan fingerprint density at radius 3 is 2.15 bits per heavy atom. The number of aliphatic hydroxyl groups is 1. The van der Waals surface area contributed by atoms with Gasteiger partial charge in [0.15, 0.2) is 11.5 Å². The van der Waals surface area contributed by atoms with Crippen molar-refractivity contribution in [1.82, 2.24) is 0 Å². The summed E-state index contributed by atoms with van der Waals surface area (Å²) in [4.78, 5) is 46.4. The molecule has 0 bridgehead atoms. The molecule has 1 aromatic carbocycles. The lowest BCUT2D eigenvalue weighted by Gasteiger charge is -2.07. The zero-order valence-corrected chi connectivity index (χ0v) is 12.9. The van der Waals surface area contributed by atoms with E-state index in [1.54, 1.807) is 0 Å². The Balaban J connectivity index is 2.17. The standard InChI is InChI=1S/C18H10O8/c19-10-4-1-8(2-5-10)14(17(23)24)16-15(22)13(18(25)26-16)9-3-6-11(20)12(21)7-9/h1-7,19,22H,(H,23,24)/b16-14+. The predicted octanol–water partition coefficient (Wildman–Crippen LogP) is 1.19. The van der Waals surface area contributed by atoms with Gasteiger partial charge in [0.1, 0.15) is 16.9 Å². The van der Waals surface area contributed by atoms with E-state index >= 15 is 0 Å². The number of aliphatic carboxylic acids is 1. The van der Waals surface area contributed by atoms with Crippen LogP contribution in [0.15, 0.2) is 65.2 Å². The number of aromatic hydroxyl groups is 1. The molecule has 0 amide bonds. The van der Waals surface area contributed by atoms with E-state index in [9.17, 15) is 34.5 Å². The molecule has 0 aromatic heterocycles. The molecule has 0 atom stereocenters. The molecule has 26 heavy (non-hydrogen) atoms. The lowest BCUT2D eigenvalue weighted by atomic mass is 9.96. The Labute approximate surface area is 145 Å². The molecular weight excluding hydrogens is 344 g/mol. The zero-order chi connectivity index (χ0) is 19.0. The van der Waals surface area contributed by atoms with Gasteiger partial charge in [0.05, 0.1) is 0 Å². The second-order valence-electron chi connectivity index (χ2n) is 5.33. The second kappa shape index (κ2) is 6.17. The quantitative estimate of drug-likeness (QED) is 0.318. The molecule has 0 saturated carbocycles. The first kappa shape index (κ1) is 16.9. The van der Waals surface area contributed by atoms with E-state index in [4.69, 9.17) is 4.74 Å². The van der Waals surface area contributed by atoms with E-state index in [1.165, 1.54) is 24.3 Å². The number of carbonyl (C=O) groups excluding carboxylic acids is 3. The van der Waals surface area contributed by atoms with Gasteiger partial charge >= 0.3 is 11.9 Å². The van der Waals surface area contributed by atoms with Crippen molar-refractivity contribution in [1.29, 1.82) is 0 Å². The second-order valence-corrected chi connectivity index (χ2v) is 5.33. The molecule has 0 fully saturated rings. The maximum atomic E-state index is 12.1. The summed E-state index contributed by atoms with van der Waals surface area (Å²) in [5, 5.41) is 29.1. The van der Waals surface area contributed by atoms with Crippen LogP contribution in [0.1, 0.15) is 5.56 Å². The number of carboxylic acid groups (broad SMARTS) is 1. The summed E-state index contributed by atoms with van der Waals surface area (Å²) >= 11 is 0. The number of carbonyl (C=O) groups is 4. The fraction of sp³-hybridized carbons (Fsp3) is 0. The van der Waals surface area contributed by atoms with E-state index in [-0.39, 0.29) is 16.9 Å². The Morgan fingerprint density at radius 2 is 1.58 bits per heavy atom. The molecule has 130 valence electrons. The van der Waals surface area contributed by atoms with E-state index in [0.717, 1.165) is 18.2 Å². The Hall–Kier alpha value is -3.94. The van der Waals surface area contributed by atoms with Crippen LogP contribution in [-0.4, -0.2) is 38.8 Å². The highest BCUT2D eigenvalue weighted by molar-refractivity contribution is 6.46. The number of hydrogen-bond acceptors (Lipinski definition) is 7. The van der Waals surface area contributed by atoms with Crippen molar-refractivity contribution in [2.45, 2.75) is 0 Å². The number of benzene rings is 1. The lowest BCUT2D eigenvalue weighted by Crippen LogP contribution is -2.14. The van der Waals surface area contributed by atoms with Crippen LogP contribution in [0.25, 0.3) is 5.57 Å². The number of ketones is 2. The molecule has 1 aromatic rings. The van der Waals surface area contributed by atoms with Gasteiger partial charge in [-0.05, 0) is 41.5 Å². The van der Waals surface area contributed by atoms with Crippen LogP contribution in [0.5, 0.6) is 5.75 Å². The van der Waals surface area contributed by atoms with Crippen LogP contribution in [0.2, 0.25) is 0 Å². The SMILES string of the molecule is O=C1C=CC(C2=C(O)/C(=C(\C(=O)O)c3ccc(O)cc3)OC2=O)=CC1=O. The van der Waals surface area contributed by atoms with Crippen LogP contribution in [0.4, 0.5) is 0 Å². The third kappa shape index (κ3) is 2.80. The van der Waals surface area contributed by atoms with Gasteiger partial charge in [0.2, 0.25) is 11.6 Å².